The molecular weight excluding hydrogens is 239 g/mol. The molecule has 2 rings (SSSR count). The largest absolute Gasteiger partial charge is 0.385 e. The molecule has 0 saturated heterocycles. The summed E-state index contributed by atoms with van der Waals surface area (Å²) in [6.07, 6.45) is 0. The lowest BCUT2D eigenvalue weighted by Crippen LogP contribution is -2.03. The summed E-state index contributed by atoms with van der Waals surface area (Å²) >= 11 is 5.82. The maximum atomic E-state index is 13.4. The van der Waals surface area contributed by atoms with Gasteiger partial charge in [-0.1, -0.05) is 11.6 Å². The van der Waals surface area contributed by atoms with Crippen LogP contribution in [0.3, 0.4) is 0 Å². The highest BCUT2D eigenvalue weighted by atomic mass is 35.5. The third-order valence-corrected chi connectivity index (χ3v) is 3.16. The molecule has 0 aliphatic carbocycles. The van der Waals surface area contributed by atoms with Crippen LogP contribution in [-0.2, 0) is 0 Å². The van der Waals surface area contributed by atoms with Gasteiger partial charge in [-0.05, 0) is 32.4 Å². The van der Waals surface area contributed by atoms with Crippen molar-refractivity contribution in [1.29, 1.82) is 0 Å². The van der Waals surface area contributed by atoms with Gasteiger partial charge < -0.3 is 5.32 Å². The Morgan fingerprint density at radius 2 is 2.06 bits per heavy atom. The van der Waals surface area contributed by atoms with Gasteiger partial charge in [0.05, 0.1) is 10.5 Å². The highest BCUT2D eigenvalue weighted by Crippen LogP contribution is 2.31. The van der Waals surface area contributed by atoms with Crippen LogP contribution in [0.2, 0.25) is 5.02 Å². The van der Waals surface area contributed by atoms with Crippen molar-refractivity contribution in [3.63, 3.8) is 0 Å². The van der Waals surface area contributed by atoms with Crippen LogP contribution in [-0.4, -0.2) is 11.5 Å². The number of aromatic nitrogens is 1. The second-order valence-electron chi connectivity index (χ2n) is 4.01. The molecule has 0 aliphatic rings. The fraction of sp³-hybridized carbons (Fsp3) is 0.308. The van der Waals surface area contributed by atoms with Crippen molar-refractivity contribution in [1.82, 2.24) is 4.98 Å². The highest BCUT2D eigenvalue weighted by Gasteiger charge is 2.11. The number of fused-ring (bicyclic) bond motifs is 1. The van der Waals surface area contributed by atoms with Crippen LogP contribution in [0.4, 0.5) is 10.1 Å². The minimum absolute atomic E-state index is 0.127. The zero-order valence-electron chi connectivity index (χ0n) is 10.1. The van der Waals surface area contributed by atoms with E-state index in [1.165, 1.54) is 6.07 Å². The fourth-order valence-corrected chi connectivity index (χ4v) is 2.04. The first-order valence-corrected chi connectivity index (χ1v) is 5.92. The average Bonchev–Trinajstić information content (AvgIpc) is 2.28. The summed E-state index contributed by atoms with van der Waals surface area (Å²) in [4.78, 5) is 4.38. The van der Waals surface area contributed by atoms with Crippen LogP contribution in [0.1, 0.15) is 18.2 Å². The van der Waals surface area contributed by atoms with Gasteiger partial charge in [-0.15, -0.1) is 0 Å². The predicted octanol–water partition coefficient (Wildman–Crippen LogP) is 4.08. The van der Waals surface area contributed by atoms with Gasteiger partial charge in [0.15, 0.2) is 0 Å². The summed E-state index contributed by atoms with van der Waals surface area (Å²) < 4.78 is 13.4. The van der Waals surface area contributed by atoms with Crippen LogP contribution in [0.15, 0.2) is 12.1 Å². The SMILES string of the molecule is CCNc1c(C)c(C)nc2cc(F)c(Cl)cc12. The molecule has 0 fully saturated rings. The summed E-state index contributed by atoms with van der Waals surface area (Å²) in [5.41, 5.74) is 3.58. The smallest absolute Gasteiger partial charge is 0.143 e. The number of anilines is 1. The summed E-state index contributed by atoms with van der Waals surface area (Å²) in [6.45, 7) is 6.74. The van der Waals surface area contributed by atoms with E-state index >= 15 is 0 Å². The summed E-state index contributed by atoms with van der Waals surface area (Å²) in [6, 6.07) is 3.01. The van der Waals surface area contributed by atoms with Crippen molar-refractivity contribution in [2.45, 2.75) is 20.8 Å². The third kappa shape index (κ3) is 2.07. The van der Waals surface area contributed by atoms with E-state index in [9.17, 15) is 4.39 Å². The number of aryl methyl sites for hydroxylation is 1. The van der Waals surface area contributed by atoms with E-state index in [0.717, 1.165) is 28.9 Å². The standard InChI is InChI=1S/C13H14ClFN2/c1-4-16-13-7(2)8(3)17-12-6-11(15)10(14)5-9(12)13/h5-6H,4H2,1-3H3,(H,16,17). The van der Waals surface area contributed by atoms with Crippen molar-refractivity contribution >= 4 is 28.2 Å². The Kier molecular flexibility index (Phi) is 3.20. The number of rotatable bonds is 2. The maximum absolute atomic E-state index is 13.4. The Labute approximate surface area is 105 Å². The summed E-state index contributed by atoms with van der Waals surface area (Å²) in [7, 11) is 0. The first kappa shape index (κ1) is 12.1. The van der Waals surface area contributed by atoms with E-state index in [2.05, 4.69) is 10.3 Å². The maximum Gasteiger partial charge on any atom is 0.143 e. The van der Waals surface area contributed by atoms with Crippen molar-refractivity contribution in [3.8, 4) is 0 Å². The van der Waals surface area contributed by atoms with E-state index in [4.69, 9.17) is 11.6 Å². The molecule has 2 nitrogen and oxygen atoms in total. The van der Waals surface area contributed by atoms with Crippen molar-refractivity contribution < 1.29 is 4.39 Å². The topological polar surface area (TPSA) is 24.9 Å². The van der Waals surface area contributed by atoms with Crippen LogP contribution >= 0.6 is 11.6 Å². The zero-order valence-corrected chi connectivity index (χ0v) is 10.8. The monoisotopic (exact) mass is 252 g/mol. The van der Waals surface area contributed by atoms with Crippen molar-refractivity contribution in [2.24, 2.45) is 0 Å². The van der Waals surface area contributed by atoms with Crippen molar-refractivity contribution in [2.75, 3.05) is 11.9 Å². The number of halogens is 2. The first-order valence-electron chi connectivity index (χ1n) is 5.54. The molecule has 2 aromatic rings. The van der Waals surface area contributed by atoms with E-state index in [1.54, 1.807) is 6.07 Å². The minimum Gasteiger partial charge on any atom is -0.385 e. The van der Waals surface area contributed by atoms with E-state index in [0.29, 0.717) is 5.52 Å². The van der Waals surface area contributed by atoms with Gasteiger partial charge in [0.2, 0.25) is 0 Å². The second-order valence-corrected chi connectivity index (χ2v) is 4.42. The normalized spacial score (nSPS) is 10.9. The molecule has 0 radical (unpaired) electrons. The van der Waals surface area contributed by atoms with E-state index in [-0.39, 0.29) is 5.02 Å². The van der Waals surface area contributed by atoms with Gasteiger partial charge in [0.25, 0.3) is 0 Å². The van der Waals surface area contributed by atoms with E-state index < -0.39 is 5.82 Å². The summed E-state index contributed by atoms with van der Waals surface area (Å²) in [5.74, 6) is -0.433. The molecule has 0 atom stereocenters. The molecule has 90 valence electrons. The average molecular weight is 253 g/mol. The molecule has 0 unspecified atom stereocenters. The quantitative estimate of drug-likeness (QED) is 0.871. The molecule has 1 heterocycles. The Bertz CT molecular complexity index is 576. The Balaban J connectivity index is 2.83. The van der Waals surface area contributed by atoms with Crippen LogP contribution in [0.5, 0.6) is 0 Å². The highest BCUT2D eigenvalue weighted by molar-refractivity contribution is 6.31. The van der Waals surface area contributed by atoms with Crippen LogP contribution in [0, 0.1) is 19.7 Å². The van der Waals surface area contributed by atoms with Crippen LogP contribution in [0.25, 0.3) is 10.9 Å². The molecule has 0 saturated carbocycles. The molecule has 0 bridgehead atoms. The molecule has 0 aliphatic heterocycles. The molecule has 0 spiro atoms. The number of benzene rings is 1. The van der Waals surface area contributed by atoms with Gasteiger partial charge >= 0.3 is 0 Å². The van der Waals surface area contributed by atoms with Crippen LogP contribution < -0.4 is 5.32 Å². The van der Waals surface area contributed by atoms with Gasteiger partial charge in [-0.2, -0.15) is 0 Å². The molecule has 1 aromatic carbocycles. The Hall–Kier alpha value is -1.35. The molecule has 1 aromatic heterocycles. The molecular formula is C13H14ClFN2. The zero-order chi connectivity index (χ0) is 12.6. The number of pyridine rings is 1. The van der Waals surface area contributed by atoms with Gasteiger partial charge in [-0.3, -0.25) is 4.98 Å². The lowest BCUT2D eigenvalue weighted by Gasteiger charge is -2.13. The fourth-order valence-electron chi connectivity index (χ4n) is 1.88. The molecule has 4 heteroatoms. The number of nitrogens with one attached hydrogen (secondary N) is 1. The summed E-state index contributed by atoms with van der Waals surface area (Å²) in [5, 5.41) is 4.27. The van der Waals surface area contributed by atoms with Gasteiger partial charge in [-0.25, -0.2) is 4.39 Å². The number of nitrogens with zero attached hydrogens (tertiary/aromatic N) is 1. The van der Waals surface area contributed by atoms with Gasteiger partial charge in [0.1, 0.15) is 5.82 Å². The molecule has 17 heavy (non-hydrogen) atoms. The molecule has 1 N–H and O–H groups in total. The predicted molar refractivity (Wildman–Crippen MR) is 70.3 cm³/mol. The van der Waals surface area contributed by atoms with Crippen molar-refractivity contribution in [3.05, 3.63) is 34.2 Å². The van der Waals surface area contributed by atoms with E-state index in [1.807, 2.05) is 20.8 Å². The minimum atomic E-state index is -0.433. The van der Waals surface area contributed by atoms with Gasteiger partial charge in [0, 0.05) is 29.4 Å². The number of hydrogen-bond acceptors (Lipinski definition) is 2. The first-order chi connectivity index (χ1) is 8.04. The Morgan fingerprint density at radius 3 is 2.71 bits per heavy atom. The Morgan fingerprint density at radius 1 is 1.35 bits per heavy atom. The molecule has 0 amide bonds. The number of hydrogen-bond donors (Lipinski definition) is 1. The lowest BCUT2D eigenvalue weighted by molar-refractivity contribution is 0.630. The second kappa shape index (κ2) is 4.49. The lowest BCUT2D eigenvalue weighted by atomic mass is 10.1. The third-order valence-electron chi connectivity index (χ3n) is 2.87.